The molecule has 0 bridgehead atoms. The quantitative estimate of drug-likeness (QED) is 0.653. The molecule has 4 rings (SSSR count). The third-order valence-corrected chi connectivity index (χ3v) is 6.38. The fraction of sp³-hybridized carbons (Fsp3) is 0.522. The number of likely N-dealkylation sites (N-methyl/N-ethyl adjacent to an activating group) is 1. The second-order valence-electron chi connectivity index (χ2n) is 8.86. The Morgan fingerprint density at radius 2 is 2.00 bits per heavy atom. The molecule has 2 aliphatic rings. The van der Waals surface area contributed by atoms with Crippen LogP contribution in [-0.4, -0.2) is 47.5 Å². The van der Waals surface area contributed by atoms with Crippen LogP contribution in [0.1, 0.15) is 54.1 Å². The average molecular weight is 425 g/mol. The van der Waals surface area contributed by atoms with E-state index in [1.54, 1.807) is 7.11 Å². The maximum Gasteiger partial charge on any atom is 0.254 e. The van der Waals surface area contributed by atoms with Crippen molar-refractivity contribution < 1.29 is 9.53 Å². The first-order valence-electron chi connectivity index (χ1n) is 11.0. The summed E-state index contributed by atoms with van der Waals surface area (Å²) in [5, 5.41) is 6.71. The van der Waals surface area contributed by atoms with Crippen LogP contribution in [0.5, 0.6) is 5.75 Å². The minimum Gasteiger partial charge on any atom is -0.495 e. The van der Waals surface area contributed by atoms with Gasteiger partial charge in [0.05, 0.1) is 18.4 Å². The number of methoxy groups -OCH3 is 1. The zero-order valence-electron chi connectivity index (χ0n) is 18.6. The summed E-state index contributed by atoms with van der Waals surface area (Å²) in [5.74, 6) is 1.85. The minimum atomic E-state index is -0.535. The van der Waals surface area contributed by atoms with Gasteiger partial charge in [0.2, 0.25) is 5.95 Å². The highest BCUT2D eigenvalue weighted by Crippen LogP contribution is 2.33. The Bertz CT molecular complexity index is 955. The van der Waals surface area contributed by atoms with Crippen LogP contribution >= 0.6 is 0 Å². The normalized spacial score (nSPS) is 21.3. The number of rotatable bonds is 6. The number of amides is 1. The van der Waals surface area contributed by atoms with Gasteiger partial charge in [-0.15, -0.1) is 0 Å². The number of ether oxygens (including phenoxy) is 1. The smallest absolute Gasteiger partial charge is 0.254 e. The number of anilines is 3. The summed E-state index contributed by atoms with van der Waals surface area (Å²) in [7, 11) is 3.78. The van der Waals surface area contributed by atoms with Crippen molar-refractivity contribution in [3.05, 3.63) is 35.0 Å². The maximum absolute atomic E-state index is 11.9. The molecule has 1 amide bonds. The van der Waals surface area contributed by atoms with Gasteiger partial charge in [0, 0.05) is 25.3 Å². The van der Waals surface area contributed by atoms with Crippen LogP contribution in [0, 0.1) is 5.92 Å². The van der Waals surface area contributed by atoms with E-state index in [0.29, 0.717) is 17.3 Å². The van der Waals surface area contributed by atoms with Gasteiger partial charge >= 0.3 is 0 Å². The number of hydrogen-bond acceptors (Lipinski definition) is 7. The zero-order valence-corrected chi connectivity index (χ0v) is 18.6. The van der Waals surface area contributed by atoms with Gasteiger partial charge in [0.15, 0.2) is 0 Å². The van der Waals surface area contributed by atoms with Crippen LogP contribution in [0.2, 0.25) is 0 Å². The summed E-state index contributed by atoms with van der Waals surface area (Å²) >= 11 is 0. The first-order valence-corrected chi connectivity index (χ1v) is 11.0. The molecule has 1 aromatic carbocycles. The number of fused-ring (bicyclic) bond motifs is 1. The lowest BCUT2D eigenvalue weighted by Crippen LogP contribution is -2.28. The number of nitrogens with zero attached hydrogens (tertiary/aromatic N) is 3. The summed E-state index contributed by atoms with van der Waals surface area (Å²) in [6.07, 6.45) is 6.93. The van der Waals surface area contributed by atoms with E-state index in [1.807, 2.05) is 0 Å². The Morgan fingerprint density at radius 1 is 1.23 bits per heavy atom. The predicted octanol–water partition coefficient (Wildman–Crippen LogP) is 3.31. The van der Waals surface area contributed by atoms with Crippen molar-refractivity contribution in [1.29, 1.82) is 0 Å². The molecule has 1 aliphatic carbocycles. The van der Waals surface area contributed by atoms with Crippen molar-refractivity contribution >= 4 is 23.4 Å². The summed E-state index contributed by atoms with van der Waals surface area (Å²) in [4.78, 5) is 23.2. The lowest BCUT2D eigenvalue weighted by atomic mass is 9.87. The van der Waals surface area contributed by atoms with Gasteiger partial charge in [-0.25, -0.2) is 4.98 Å². The molecule has 0 atom stereocenters. The number of nitrogens with two attached hydrogens (primary N) is 1. The number of carbonyl (C=O) groups is 1. The molecule has 0 radical (unpaired) electrons. The molecule has 0 spiro atoms. The van der Waals surface area contributed by atoms with Crippen LogP contribution in [0.3, 0.4) is 0 Å². The van der Waals surface area contributed by atoms with Gasteiger partial charge in [0.1, 0.15) is 11.6 Å². The van der Waals surface area contributed by atoms with Gasteiger partial charge in [-0.2, -0.15) is 4.98 Å². The number of aromatic nitrogens is 2. The molecule has 8 heteroatoms. The maximum atomic E-state index is 11.9. The number of primary amides is 1. The van der Waals surface area contributed by atoms with Crippen molar-refractivity contribution in [3.8, 4) is 5.75 Å². The molecule has 1 aliphatic heterocycles. The topological polar surface area (TPSA) is 105 Å². The van der Waals surface area contributed by atoms with E-state index < -0.39 is 5.91 Å². The summed E-state index contributed by atoms with van der Waals surface area (Å²) in [6.45, 7) is 4.21. The van der Waals surface area contributed by atoms with Gasteiger partial charge in [-0.1, -0.05) is 6.92 Å². The average Bonchev–Trinajstić information content (AvgIpc) is 2.75. The Kier molecular flexibility index (Phi) is 6.27. The van der Waals surface area contributed by atoms with Crippen molar-refractivity contribution in [1.82, 2.24) is 14.9 Å². The van der Waals surface area contributed by atoms with E-state index in [9.17, 15) is 4.79 Å². The largest absolute Gasteiger partial charge is 0.495 e. The standard InChI is InChI=1S/C23H32N6O2/c1-14-4-6-17(7-5-14)26-22-18(21(24)30)12-25-23(28-22)27-19-10-16-13-29(2)9-8-15(16)11-20(19)31-3/h10-12,14,17H,4-9,13H2,1-3H3,(H2,24,30)(H2,25,26,27,28)/t14-,17-. The molecule has 1 saturated carbocycles. The lowest BCUT2D eigenvalue weighted by molar-refractivity contribution is 0.100. The molecule has 1 fully saturated rings. The number of nitrogens with one attached hydrogen (secondary N) is 2. The van der Waals surface area contributed by atoms with Crippen LogP contribution in [-0.2, 0) is 13.0 Å². The van der Waals surface area contributed by atoms with Gasteiger partial charge < -0.3 is 26.0 Å². The highest BCUT2D eigenvalue weighted by molar-refractivity contribution is 5.97. The van der Waals surface area contributed by atoms with E-state index in [2.05, 4.69) is 51.6 Å². The van der Waals surface area contributed by atoms with Gasteiger partial charge in [0.25, 0.3) is 5.91 Å². The summed E-state index contributed by atoms with van der Waals surface area (Å²) < 4.78 is 5.61. The van der Waals surface area contributed by atoms with Crippen molar-refractivity contribution in [2.24, 2.45) is 11.7 Å². The third kappa shape index (κ3) is 4.90. The fourth-order valence-electron chi connectivity index (χ4n) is 4.45. The predicted molar refractivity (Wildman–Crippen MR) is 122 cm³/mol. The second kappa shape index (κ2) is 9.09. The molecular formula is C23H32N6O2. The molecule has 31 heavy (non-hydrogen) atoms. The Balaban J connectivity index is 1.60. The van der Waals surface area contributed by atoms with E-state index in [-0.39, 0.29) is 6.04 Å². The summed E-state index contributed by atoms with van der Waals surface area (Å²) in [5.41, 5.74) is 9.26. The molecular weight excluding hydrogens is 392 g/mol. The highest BCUT2D eigenvalue weighted by atomic mass is 16.5. The van der Waals surface area contributed by atoms with Crippen molar-refractivity contribution in [3.63, 3.8) is 0 Å². The number of hydrogen-bond donors (Lipinski definition) is 3. The van der Waals surface area contributed by atoms with Crippen molar-refractivity contribution in [2.75, 3.05) is 31.3 Å². The van der Waals surface area contributed by atoms with E-state index in [0.717, 1.165) is 49.7 Å². The first kappa shape index (κ1) is 21.4. The Morgan fingerprint density at radius 3 is 2.71 bits per heavy atom. The Hall–Kier alpha value is -2.87. The molecule has 8 nitrogen and oxygen atoms in total. The molecule has 0 saturated heterocycles. The molecule has 2 heterocycles. The number of carbonyl (C=O) groups excluding carboxylic acids is 1. The SMILES string of the molecule is COc1cc2c(cc1Nc1ncc(C(N)=O)c(N[C@H]3CC[C@H](C)CC3)n1)CN(C)CC2. The van der Waals surface area contributed by atoms with Crippen LogP contribution in [0.15, 0.2) is 18.3 Å². The monoisotopic (exact) mass is 424 g/mol. The lowest BCUT2D eigenvalue weighted by Gasteiger charge is -2.28. The molecule has 1 aromatic heterocycles. The van der Waals surface area contributed by atoms with E-state index in [4.69, 9.17) is 10.5 Å². The highest BCUT2D eigenvalue weighted by Gasteiger charge is 2.22. The van der Waals surface area contributed by atoms with Crippen LogP contribution in [0.25, 0.3) is 0 Å². The van der Waals surface area contributed by atoms with Gasteiger partial charge in [-0.05, 0) is 68.3 Å². The molecule has 0 unspecified atom stereocenters. The second-order valence-corrected chi connectivity index (χ2v) is 8.86. The van der Waals surface area contributed by atoms with Crippen LogP contribution in [0.4, 0.5) is 17.5 Å². The first-order chi connectivity index (χ1) is 14.9. The Labute approximate surface area is 183 Å². The van der Waals surface area contributed by atoms with E-state index in [1.165, 1.54) is 30.2 Å². The molecule has 2 aromatic rings. The molecule has 166 valence electrons. The molecule has 4 N–H and O–H groups in total. The third-order valence-electron chi connectivity index (χ3n) is 6.38. The van der Waals surface area contributed by atoms with Crippen LogP contribution < -0.4 is 21.1 Å². The van der Waals surface area contributed by atoms with E-state index >= 15 is 0 Å². The van der Waals surface area contributed by atoms with Crippen molar-refractivity contribution in [2.45, 2.75) is 51.6 Å². The van der Waals surface area contributed by atoms with Gasteiger partial charge in [-0.3, -0.25) is 4.79 Å². The fourth-order valence-corrected chi connectivity index (χ4v) is 4.45. The summed E-state index contributed by atoms with van der Waals surface area (Å²) in [6, 6.07) is 4.47. The minimum absolute atomic E-state index is 0.283. The zero-order chi connectivity index (χ0) is 22.0. The number of benzene rings is 1.